The van der Waals surface area contributed by atoms with Crippen LogP contribution in [-0.4, -0.2) is 11.4 Å². The van der Waals surface area contributed by atoms with Gasteiger partial charge in [0.25, 0.3) is 0 Å². The fourth-order valence-corrected chi connectivity index (χ4v) is 2.14. The summed E-state index contributed by atoms with van der Waals surface area (Å²) < 4.78 is 0. The minimum Gasteiger partial charge on any atom is -0.349 e. The first kappa shape index (κ1) is 16.7. The summed E-state index contributed by atoms with van der Waals surface area (Å²) >= 11 is 0. The molecule has 0 heterocycles. The maximum atomic E-state index is 12.1. The summed E-state index contributed by atoms with van der Waals surface area (Å²) in [5.41, 5.74) is 6.80. The van der Waals surface area contributed by atoms with Gasteiger partial charge in [-0.2, -0.15) is 0 Å². The Kier molecular flexibility index (Phi) is 6.21. The molecule has 0 saturated heterocycles. The largest absolute Gasteiger partial charge is 0.349 e. The Hall–Kier alpha value is -1.35. The number of carbonyl (C=O) groups is 1. The van der Waals surface area contributed by atoms with Crippen LogP contribution in [0.2, 0.25) is 0 Å². The van der Waals surface area contributed by atoms with Crippen LogP contribution in [0.5, 0.6) is 0 Å². The molecule has 1 unspecified atom stereocenters. The molecule has 0 aliphatic heterocycles. The van der Waals surface area contributed by atoms with Gasteiger partial charge in [0.1, 0.15) is 0 Å². The molecule has 0 fully saturated rings. The summed E-state index contributed by atoms with van der Waals surface area (Å²) in [6, 6.07) is 10.2. The van der Waals surface area contributed by atoms with Crippen LogP contribution >= 0.6 is 0 Å². The summed E-state index contributed by atoms with van der Waals surface area (Å²) in [4.78, 5) is 12.1. The van der Waals surface area contributed by atoms with Gasteiger partial charge in [-0.15, -0.1) is 0 Å². The molecule has 3 heteroatoms. The molecule has 112 valence electrons. The first-order valence-corrected chi connectivity index (χ1v) is 7.41. The number of nitrogens with one attached hydrogen (secondary N) is 1. The van der Waals surface area contributed by atoms with Crippen molar-refractivity contribution >= 4 is 5.91 Å². The number of amides is 1. The van der Waals surface area contributed by atoms with Crippen LogP contribution in [0, 0.1) is 5.92 Å². The maximum Gasteiger partial charge on any atom is 0.220 e. The summed E-state index contributed by atoms with van der Waals surface area (Å²) in [6.45, 7) is 8.24. The maximum absolute atomic E-state index is 12.1. The molecule has 0 aliphatic carbocycles. The lowest BCUT2D eigenvalue weighted by atomic mass is 9.96. The van der Waals surface area contributed by atoms with E-state index in [0.29, 0.717) is 18.8 Å². The molecule has 0 aliphatic rings. The molecular weight excluding hydrogens is 248 g/mol. The van der Waals surface area contributed by atoms with Crippen LogP contribution in [0.1, 0.15) is 58.6 Å². The molecule has 0 spiro atoms. The number of hydrogen-bond donors (Lipinski definition) is 2. The third kappa shape index (κ3) is 6.71. The van der Waals surface area contributed by atoms with E-state index in [1.54, 1.807) is 0 Å². The molecule has 0 aromatic heterocycles. The minimum atomic E-state index is -0.294. The van der Waals surface area contributed by atoms with Gasteiger partial charge in [-0.05, 0) is 38.2 Å². The minimum absolute atomic E-state index is 0.0815. The van der Waals surface area contributed by atoms with E-state index in [2.05, 4.69) is 31.3 Å². The van der Waals surface area contributed by atoms with Gasteiger partial charge in [-0.25, -0.2) is 0 Å². The first-order chi connectivity index (χ1) is 9.28. The average Bonchev–Trinajstić information content (AvgIpc) is 2.35. The zero-order valence-electron chi connectivity index (χ0n) is 13.1. The molecule has 0 radical (unpaired) electrons. The lowest BCUT2D eigenvalue weighted by Crippen LogP contribution is -2.35. The quantitative estimate of drug-likeness (QED) is 0.802. The normalized spacial score (nSPS) is 13.3. The second-order valence-electron chi connectivity index (χ2n) is 6.65. The molecular formula is C17H28N2O. The Morgan fingerprint density at radius 3 is 2.35 bits per heavy atom. The highest BCUT2D eigenvalue weighted by atomic mass is 16.1. The van der Waals surface area contributed by atoms with E-state index < -0.39 is 0 Å². The van der Waals surface area contributed by atoms with Crippen LogP contribution < -0.4 is 11.1 Å². The summed E-state index contributed by atoms with van der Waals surface area (Å²) in [6.07, 6.45) is 2.12. The Morgan fingerprint density at radius 2 is 1.85 bits per heavy atom. The Morgan fingerprint density at radius 1 is 1.25 bits per heavy atom. The van der Waals surface area contributed by atoms with E-state index in [4.69, 9.17) is 5.73 Å². The van der Waals surface area contributed by atoms with Gasteiger partial charge in [0.15, 0.2) is 0 Å². The lowest BCUT2D eigenvalue weighted by Gasteiger charge is -2.23. The third-order valence-corrected chi connectivity index (χ3v) is 3.24. The van der Waals surface area contributed by atoms with Crippen LogP contribution in [0.4, 0.5) is 0 Å². The summed E-state index contributed by atoms with van der Waals surface area (Å²) in [5, 5.41) is 3.14. The van der Waals surface area contributed by atoms with Crippen molar-refractivity contribution in [2.75, 3.05) is 0 Å². The standard InChI is InChI=1S/C17H28N2O/c1-13(2)12-15(14-8-6-5-7-9-14)19-16(20)10-11-17(3,4)18/h5-9,13,15H,10-12,18H2,1-4H3,(H,19,20). The summed E-state index contributed by atoms with van der Waals surface area (Å²) in [5.74, 6) is 0.615. The van der Waals surface area contributed by atoms with E-state index in [1.807, 2.05) is 32.0 Å². The van der Waals surface area contributed by atoms with E-state index in [1.165, 1.54) is 5.56 Å². The topological polar surface area (TPSA) is 55.1 Å². The van der Waals surface area contributed by atoms with Crippen molar-refractivity contribution in [3.63, 3.8) is 0 Å². The first-order valence-electron chi connectivity index (χ1n) is 7.41. The molecule has 1 rings (SSSR count). The zero-order chi connectivity index (χ0) is 15.2. The highest BCUT2D eigenvalue weighted by Crippen LogP contribution is 2.21. The van der Waals surface area contributed by atoms with Gasteiger partial charge in [0, 0.05) is 12.0 Å². The van der Waals surface area contributed by atoms with Crippen molar-refractivity contribution in [1.29, 1.82) is 0 Å². The van der Waals surface area contributed by atoms with Crippen molar-refractivity contribution < 1.29 is 4.79 Å². The van der Waals surface area contributed by atoms with Crippen LogP contribution in [0.25, 0.3) is 0 Å². The molecule has 1 amide bonds. The van der Waals surface area contributed by atoms with Crippen LogP contribution in [-0.2, 0) is 4.79 Å². The SMILES string of the molecule is CC(C)CC(NC(=O)CCC(C)(C)N)c1ccccc1. The predicted octanol–water partition coefficient (Wildman–Crippen LogP) is 3.41. The van der Waals surface area contributed by atoms with Crippen molar-refractivity contribution in [3.05, 3.63) is 35.9 Å². The molecule has 0 saturated carbocycles. The molecule has 1 aromatic rings. The number of carbonyl (C=O) groups excluding carboxylic acids is 1. The van der Waals surface area contributed by atoms with Crippen molar-refractivity contribution in [2.45, 2.75) is 58.5 Å². The number of hydrogen-bond acceptors (Lipinski definition) is 2. The molecule has 1 aromatic carbocycles. The smallest absolute Gasteiger partial charge is 0.220 e. The van der Waals surface area contributed by atoms with E-state index >= 15 is 0 Å². The Bertz CT molecular complexity index is 407. The van der Waals surface area contributed by atoms with E-state index in [-0.39, 0.29) is 17.5 Å². The van der Waals surface area contributed by atoms with Gasteiger partial charge in [0.2, 0.25) is 5.91 Å². The van der Waals surface area contributed by atoms with E-state index in [0.717, 1.165) is 6.42 Å². The van der Waals surface area contributed by atoms with Crippen LogP contribution in [0.15, 0.2) is 30.3 Å². The van der Waals surface area contributed by atoms with Crippen molar-refractivity contribution in [3.8, 4) is 0 Å². The average molecular weight is 276 g/mol. The van der Waals surface area contributed by atoms with Gasteiger partial charge in [-0.1, -0.05) is 44.2 Å². The number of benzene rings is 1. The zero-order valence-corrected chi connectivity index (χ0v) is 13.1. The van der Waals surface area contributed by atoms with E-state index in [9.17, 15) is 4.79 Å². The number of nitrogens with two attached hydrogens (primary N) is 1. The molecule has 3 N–H and O–H groups in total. The van der Waals surface area contributed by atoms with Gasteiger partial charge < -0.3 is 11.1 Å². The van der Waals surface area contributed by atoms with Gasteiger partial charge in [0.05, 0.1) is 6.04 Å². The molecule has 3 nitrogen and oxygen atoms in total. The Labute approximate surface area is 122 Å². The predicted molar refractivity (Wildman–Crippen MR) is 84.3 cm³/mol. The molecule has 20 heavy (non-hydrogen) atoms. The molecule has 0 bridgehead atoms. The fraction of sp³-hybridized carbons (Fsp3) is 0.588. The monoisotopic (exact) mass is 276 g/mol. The van der Waals surface area contributed by atoms with Crippen LogP contribution in [0.3, 0.4) is 0 Å². The molecule has 1 atom stereocenters. The summed E-state index contributed by atoms with van der Waals surface area (Å²) in [7, 11) is 0. The lowest BCUT2D eigenvalue weighted by molar-refractivity contribution is -0.122. The van der Waals surface area contributed by atoms with Crippen molar-refractivity contribution in [2.24, 2.45) is 11.7 Å². The highest BCUT2D eigenvalue weighted by molar-refractivity contribution is 5.76. The third-order valence-electron chi connectivity index (χ3n) is 3.24. The Balaban J connectivity index is 2.64. The fourth-order valence-electron chi connectivity index (χ4n) is 2.14. The second kappa shape index (κ2) is 7.44. The highest BCUT2D eigenvalue weighted by Gasteiger charge is 2.18. The van der Waals surface area contributed by atoms with Crippen molar-refractivity contribution in [1.82, 2.24) is 5.32 Å². The second-order valence-corrected chi connectivity index (χ2v) is 6.65. The van der Waals surface area contributed by atoms with Gasteiger partial charge >= 0.3 is 0 Å². The van der Waals surface area contributed by atoms with Gasteiger partial charge in [-0.3, -0.25) is 4.79 Å². The number of rotatable bonds is 7.